The maximum atomic E-state index is 10.3. The van der Waals surface area contributed by atoms with Gasteiger partial charge in [0.1, 0.15) is 0 Å². The molecule has 0 amide bonds. The zero-order valence-corrected chi connectivity index (χ0v) is 5.79. The molecule has 54 valence electrons. The van der Waals surface area contributed by atoms with Crippen molar-refractivity contribution in [2.75, 3.05) is 0 Å². The van der Waals surface area contributed by atoms with Gasteiger partial charge in [-0.2, -0.15) is 5.26 Å². The topological polar surface area (TPSA) is 61.1 Å². The number of aliphatic carboxylic acids is 1. The van der Waals surface area contributed by atoms with Gasteiger partial charge in [-0.05, 0) is 6.92 Å². The lowest BCUT2D eigenvalue weighted by molar-refractivity contribution is -0.140. The van der Waals surface area contributed by atoms with E-state index in [0.29, 0.717) is 5.57 Å². The quantitative estimate of drug-likeness (QED) is 0.597. The van der Waals surface area contributed by atoms with Crippen LogP contribution in [0.3, 0.4) is 0 Å². The van der Waals surface area contributed by atoms with Crippen molar-refractivity contribution >= 4 is 5.97 Å². The zero-order chi connectivity index (χ0) is 8.15. The monoisotopic (exact) mass is 139 g/mol. The van der Waals surface area contributed by atoms with E-state index in [0.717, 1.165) is 0 Å². The Morgan fingerprint density at radius 2 is 2.40 bits per heavy atom. The molecule has 0 spiro atoms. The van der Waals surface area contributed by atoms with Gasteiger partial charge >= 0.3 is 5.97 Å². The van der Waals surface area contributed by atoms with Gasteiger partial charge in [0.2, 0.25) is 0 Å². The smallest absolute Gasteiger partial charge is 0.311 e. The Hall–Kier alpha value is -1.30. The predicted molar refractivity (Wildman–Crippen MR) is 36.2 cm³/mol. The second-order valence-corrected chi connectivity index (χ2v) is 2.10. The van der Waals surface area contributed by atoms with Crippen LogP contribution in [0.1, 0.15) is 13.3 Å². The highest BCUT2D eigenvalue weighted by Crippen LogP contribution is 2.11. The standard InChI is InChI=1S/C7H9NO2/c1-5(2)6(3-4-8)7(9)10/h6H,1,3H2,2H3,(H,9,10). The number of nitriles is 1. The van der Waals surface area contributed by atoms with E-state index in [1.165, 1.54) is 0 Å². The number of carbonyl (C=O) groups is 1. The summed E-state index contributed by atoms with van der Waals surface area (Å²) in [7, 11) is 0. The SMILES string of the molecule is C=C(C)C(CC#N)C(=O)O. The summed E-state index contributed by atoms with van der Waals surface area (Å²) in [5, 5.41) is 16.6. The van der Waals surface area contributed by atoms with E-state index in [1.54, 1.807) is 13.0 Å². The van der Waals surface area contributed by atoms with E-state index in [1.807, 2.05) is 0 Å². The summed E-state index contributed by atoms with van der Waals surface area (Å²) < 4.78 is 0. The molecule has 0 aromatic carbocycles. The largest absolute Gasteiger partial charge is 0.481 e. The van der Waals surface area contributed by atoms with Gasteiger partial charge in [0, 0.05) is 0 Å². The van der Waals surface area contributed by atoms with Gasteiger partial charge in [-0.3, -0.25) is 4.79 Å². The maximum Gasteiger partial charge on any atom is 0.311 e. The van der Waals surface area contributed by atoms with Crippen molar-refractivity contribution in [1.29, 1.82) is 5.26 Å². The van der Waals surface area contributed by atoms with Crippen LogP contribution in [0.25, 0.3) is 0 Å². The Labute approximate surface area is 59.6 Å². The molecule has 0 saturated carbocycles. The van der Waals surface area contributed by atoms with Crippen LogP contribution < -0.4 is 0 Å². The van der Waals surface area contributed by atoms with Crippen molar-refractivity contribution in [2.45, 2.75) is 13.3 Å². The molecule has 0 heterocycles. The molecule has 3 heteroatoms. The van der Waals surface area contributed by atoms with Gasteiger partial charge in [0.15, 0.2) is 0 Å². The van der Waals surface area contributed by atoms with E-state index in [4.69, 9.17) is 10.4 Å². The highest BCUT2D eigenvalue weighted by atomic mass is 16.4. The minimum absolute atomic E-state index is 0.00463. The van der Waals surface area contributed by atoms with Crippen molar-refractivity contribution in [1.82, 2.24) is 0 Å². The van der Waals surface area contributed by atoms with Crippen molar-refractivity contribution in [2.24, 2.45) is 5.92 Å². The first kappa shape index (κ1) is 8.70. The fraction of sp³-hybridized carbons (Fsp3) is 0.429. The molecule has 0 rings (SSSR count). The number of nitrogens with zero attached hydrogens (tertiary/aromatic N) is 1. The summed E-state index contributed by atoms with van der Waals surface area (Å²) in [4.78, 5) is 10.3. The van der Waals surface area contributed by atoms with Crippen molar-refractivity contribution in [3.63, 3.8) is 0 Å². The first-order valence-electron chi connectivity index (χ1n) is 2.84. The van der Waals surface area contributed by atoms with Crippen molar-refractivity contribution in [3.8, 4) is 6.07 Å². The molecule has 0 radical (unpaired) electrons. The van der Waals surface area contributed by atoms with Gasteiger partial charge < -0.3 is 5.11 Å². The van der Waals surface area contributed by atoms with Crippen LogP contribution >= 0.6 is 0 Å². The molecule has 3 nitrogen and oxygen atoms in total. The van der Waals surface area contributed by atoms with Gasteiger partial charge in [-0.1, -0.05) is 12.2 Å². The van der Waals surface area contributed by atoms with E-state index in [2.05, 4.69) is 6.58 Å². The molecule has 0 aromatic rings. The highest BCUT2D eigenvalue weighted by molar-refractivity contribution is 5.73. The average molecular weight is 139 g/mol. The molecule has 1 unspecified atom stereocenters. The lowest BCUT2D eigenvalue weighted by Crippen LogP contribution is -2.13. The molecule has 0 aliphatic heterocycles. The minimum atomic E-state index is -0.978. The Kier molecular flexibility index (Phi) is 3.20. The minimum Gasteiger partial charge on any atom is -0.481 e. The first-order valence-corrected chi connectivity index (χ1v) is 2.84. The molecular formula is C7H9NO2. The molecule has 0 fully saturated rings. The number of hydrogen-bond acceptors (Lipinski definition) is 2. The highest BCUT2D eigenvalue weighted by Gasteiger charge is 2.16. The van der Waals surface area contributed by atoms with Gasteiger partial charge in [0.25, 0.3) is 0 Å². The van der Waals surface area contributed by atoms with Crippen LogP contribution in [0.5, 0.6) is 0 Å². The van der Waals surface area contributed by atoms with Crippen molar-refractivity contribution in [3.05, 3.63) is 12.2 Å². The number of carboxylic acids is 1. The number of carboxylic acid groups (broad SMARTS) is 1. The summed E-state index contributed by atoms with van der Waals surface area (Å²) in [5.74, 6) is -1.68. The Morgan fingerprint density at radius 3 is 2.50 bits per heavy atom. The van der Waals surface area contributed by atoms with E-state index < -0.39 is 11.9 Å². The maximum absolute atomic E-state index is 10.3. The predicted octanol–water partition coefficient (Wildman–Crippen LogP) is 1.18. The normalized spacial score (nSPS) is 11.6. The molecule has 0 saturated heterocycles. The molecule has 1 N–H and O–H groups in total. The third-order valence-electron chi connectivity index (χ3n) is 1.19. The van der Waals surface area contributed by atoms with Crippen LogP contribution in [0.15, 0.2) is 12.2 Å². The lowest BCUT2D eigenvalue weighted by atomic mass is 9.99. The molecule has 0 aromatic heterocycles. The third kappa shape index (κ3) is 2.31. The fourth-order valence-electron chi connectivity index (χ4n) is 0.564. The lowest BCUT2D eigenvalue weighted by Gasteiger charge is -2.05. The van der Waals surface area contributed by atoms with Gasteiger partial charge in [-0.25, -0.2) is 0 Å². The Bertz CT molecular complexity index is 176. The van der Waals surface area contributed by atoms with Gasteiger partial charge in [0.05, 0.1) is 18.4 Å². The summed E-state index contributed by atoms with van der Waals surface area (Å²) in [6.07, 6.45) is 0.00463. The van der Waals surface area contributed by atoms with Crippen LogP contribution in [0.4, 0.5) is 0 Å². The molecule has 1 atom stereocenters. The number of hydrogen-bond donors (Lipinski definition) is 1. The van der Waals surface area contributed by atoms with Gasteiger partial charge in [-0.15, -0.1) is 0 Å². The third-order valence-corrected chi connectivity index (χ3v) is 1.19. The second kappa shape index (κ2) is 3.67. The molecule has 0 aliphatic rings. The Balaban J connectivity index is 4.15. The van der Waals surface area contributed by atoms with Crippen LogP contribution in [0.2, 0.25) is 0 Å². The molecule has 0 bridgehead atoms. The number of rotatable bonds is 3. The van der Waals surface area contributed by atoms with Crippen LogP contribution in [-0.2, 0) is 4.79 Å². The summed E-state index contributed by atoms with van der Waals surface area (Å²) in [6.45, 7) is 5.07. The second-order valence-electron chi connectivity index (χ2n) is 2.10. The zero-order valence-electron chi connectivity index (χ0n) is 5.79. The van der Waals surface area contributed by atoms with E-state index >= 15 is 0 Å². The summed E-state index contributed by atoms with van der Waals surface area (Å²) in [5.41, 5.74) is 0.522. The molecule has 0 aliphatic carbocycles. The summed E-state index contributed by atoms with van der Waals surface area (Å²) >= 11 is 0. The summed E-state index contributed by atoms with van der Waals surface area (Å²) in [6, 6.07) is 1.79. The molecule has 10 heavy (non-hydrogen) atoms. The Morgan fingerprint density at radius 1 is 1.90 bits per heavy atom. The molecular weight excluding hydrogens is 130 g/mol. The van der Waals surface area contributed by atoms with E-state index in [9.17, 15) is 4.79 Å². The van der Waals surface area contributed by atoms with Crippen LogP contribution in [-0.4, -0.2) is 11.1 Å². The fourth-order valence-corrected chi connectivity index (χ4v) is 0.564. The van der Waals surface area contributed by atoms with Crippen molar-refractivity contribution < 1.29 is 9.90 Å². The van der Waals surface area contributed by atoms with E-state index in [-0.39, 0.29) is 6.42 Å². The van der Waals surface area contributed by atoms with Crippen LogP contribution in [0, 0.1) is 17.2 Å². The average Bonchev–Trinajstić information content (AvgIpc) is 1.81. The first-order chi connectivity index (χ1) is 4.59.